The number of likely N-dealkylation sites (tertiary alicyclic amines) is 2. The van der Waals surface area contributed by atoms with Gasteiger partial charge in [-0.25, -0.2) is 4.52 Å². The number of aromatic nitrogens is 2. The average Bonchev–Trinajstić information content (AvgIpc) is 3.20. The Bertz CT molecular complexity index is 654. The molecule has 4 rings (SSSR count). The highest BCUT2D eigenvalue weighted by Crippen LogP contribution is 2.26. The first kappa shape index (κ1) is 15.1. The van der Waals surface area contributed by atoms with Crippen LogP contribution in [0.25, 0.3) is 5.52 Å². The molecule has 2 fully saturated rings. The van der Waals surface area contributed by atoms with Crippen molar-refractivity contribution in [3.8, 4) is 0 Å². The van der Waals surface area contributed by atoms with E-state index in [0.29, 0.717) is 0 Å². The summed E-state index contributed by atoms with van der Waals surface area (Å²) in [7, 11) is 0. The van der Waals surface area contributed by atoms with Crippen LogP contribution in [0.5, 0.6) is 0 Å². The molecule has 2 aromatic heterocycles. The molecule has 1 N–H and O–H groups in total. The Hall–Kier alpha value is -1.43. The largest absolute Gasteiger partial charge is 0.388 e. The van der Waals surface area contributed by atoms with Gasteiger partial charge in [0.25, 0.3) is 0 Å². The Morgan fingerprint density at radius 3 is 2.61 bits per heavy atom. The van der Waals surface area contributed by atoms with Crippen LogP contribution in [0.3, 0.4) is 0 Å². The Morgan fingerprint density at radius 2 is 1.83 bits per heavy atom. The monoisotopic (exact) mass is 314 g/mol. The molecule has 0 amide bonds. The fourth-order valence-electron chi connectivity index (χ4n) is 3.97. The Labute approximate surface area is 137 Å². The van der Waals surface area contributed by atoms with E-state index in [1.165, 1.54) is 18.4 Å². The maximum atomic E-state index is 10.8. The number of piperidine rings is 1. The lowest BCUT2D eigenvalue weighted by atomic mass is 9.90. The molecule has 0 unspecified atom stereocenters. The summed E-state index contributed by atoms with van der Waals surface area (Å²) in [6.45, 7) is 6.11. The second-order valence-electron chi connectivity index (χ2n) is 7.22. The van der Waals surface area contributed by atoms with Crippen molar-refractivity contribution >= 4 is 5.52 Å². The predicted octanol–water partition coefficient (Wildman–Crippen LogP) is 1.76. The molecular weight excluding hydrogens is 288 g/mol. The van der Waals surface area contributed by atoms with Gasteiger partial charge in [0.2, 0.25) is 0 Å². The van der Waals surface area contributed by atoms with E-state index >= 15 is 0 Å². The molecule has 0 spiro atoms. The zero-order valence-corrected chi connectivity index (χ0v) is 13.7. The lowest BCUT2D eigenvalue weighted by molar-refractivity contribution is -0.0430. The summed E-state index contributed by atoms with van der Waals surface area (Å²) in [6, 6.07) is 6.39. The first-order chi connectivity index (χ1) is 11.2. The number of hydrogen-bond donors (Lipinski definition) is 1. The fourth-order valence-corrected chi connectivity index (χ4v) is 3.97. The molecule has 2 aliphatic heterocycles. The van der Waals surface area contributed by atoms with E-state index in [4.69, 9.17) is 0 Å². The Balaban J connectivity index is 1.33. The van der Waals surface area contributed by atoms with Crippen LogP contribution in [-0.2, 0) is 6.54 Å². The molecule has 2 aromatic rings. The van der Waals surface area contributed by atoms with E-state index < -0.39 is 5.60 Å². The van der Waals surface area contributed by atoms with Crippen molar-refractivity contribution in [2.75, 3.05) is 32.7 Å². The van der Waals surface area contributed by atoms with E-state index in [0.717, 1.165) is 57.6 Å². The molecule has 23 heavy (non-hydrogen) atoms. The van der Waals surface area contributed by atoms with Crippen LogP contribution in [0.4, 0.5) is 0 Å². The molecule has 0 aromatic carbocycles. The topological polar surface area (TPSA) is 44.0 Å². The molecule has 0 bridgehead atoms. The molecular formula is C18H26N4O. The Morgan fingerprint density at radius 1 is 1.04 bits per heavy atom. The van der Waals surface area contributed by atoms with Crippen LogP contribution in [0.1, 0.15) is 31.2 Å². The standard InChI is InChI=1S/C18H26N4O/c23-18(15-21-8-1-2-9-21)5-11-20(12-6-18)14-16-4-10-22-17(13-16)3-7-19-22/h3-4,7,10,13,23H,1-2,5-6,8-9,11-12,14-15H2. The van der Waals surface area contributed by atoms with Crippen molar-refractivity contribution < 1.29 is 5.11 Å². The molecule has 2 saturated heterocycles. The van der Waals surface area contributed by atoms with Gasteiger partial charge in [-0.2, -0.15) is 5.10 Å². The van der Waals surface area contributed by atoms with Gasteiger partial charge < -0.3 is 10.0 Å². The molecule has 124 valence electrons. The predicted molar refractivity (Wildman–Crippen MR) is 90.3 cm³/mol. The smallest absolute Gasteiger partial charge is 0.0798 e. The Kier molecular flexibility index (Phi) is 4.09. The highest BCUT2D eigenvalue weighted by atomic mass is 16.3. The van der Waals surface area contributed by atoms with E-state index in [9.17, 15) is 5.11 Å². The SMILES string of the molecule is OC1(CN2CCCC2)CCN(Cc2ccn3nccc3c2)CC1. The van der Waals surface area contributed by atoms with Crippen LogP contribution in [0.15, 0.2) is 30.6 Å². The lowest BCUT2D eigenvalue weighted by Crippen LogP contribution is -2.50. The summed E-state index contributed by atoms with van der Waals surface area (Å²) in [6.07, 6.45) is 8.21. The minimum Gasteiger partial charge on any atom is -0.388 e. The van der Waals surface area contributed by atoms with Crippen LogP contribution < -0.4 is 0 Å². The normalized spacial score (nSPS) is 22.8. The maximum absolute atomic E-state index is 10.8. The second kappa shape index (κ2) is 6.23. The van der Waals surface area contributed by atoms with Crippen LogP contribution in [0, 0.1) is 0 Å². The number of aliphatic hydroxyl groups is 1. The number of pyridine rings is 1. The van der Waals surface area contributed by atoms with Gasteiger partial charge in [0, 0.05) is 38.6 Å². The zero-order valence-electron chi connectivity index (χ0n) is 13.7. The third kappa shape index (κ3) is 3.42. The van der Waals surface area contributed by atoms with E-state index in [-0.39, 0.29) is 0 Å². The van der Waals surface area contributed by atoms with Crippen LogP contribution in [-0.4, -0.2) is 62.8 Å². The molecule has 2 aliphatic rings. The molecule has 5 nitrogen and oxygen atoms in total. The number of nitrogens with zero attached hydrogens (tertiary/aromatic N) is 4. The molecule has 0 radical (unpaired) electrons. The highest BCUT2D eigenvalue weighted by molar-refractivity contribution is 5.47. The van der Waals surface area contributed by atoms with E-state index in [2.05, 4.69) is 27.0 Å². The molecule has 0 atom stereocenters. The quantitative estimate of drug-likeness (QED) is 0.934. The number of fused-ring (bicyclic) bond motifs is 1. The minimum atomic E-state index is -0.476. The van der Waals surface area contributed by atoms with E-state index in [1.54, 1.807) is 0 Å². The number of β-amino-alcohol motifs (C(OH)–C–C–N with tert-alkyl or cyclic N) is 1. The van der Waals surface area contributed by atoms with Gasteiger partial charge in [-0.05, 0) is 62.5 Å². The van der Waals surface area contributed by atoms with Crippen molar-refractivity contribution in [3.63, 3.8) is 0 Å². The highest BCUT2D eigenvalue weighted by Gasteiger charge is 2.34. The van der Waals surface area contributed by atoms with Gasteiger partial charge in [-0.3, -0.25) is 4.90 Å². The summed E-state index contributed by atoms with van der Waals surface area (Å²) in [5.74, 6) is 0. The summed E-state index contributed by atoms with van der Waals surface area (Å²) in [5.41, 5.74) is 1.99. The van der Waals surface area contributed by atoms with Crippen molar-refractivity contribution in [1.82, 2.24) is 19.4 Å². The van der Waals surface area contributed by atoms with Gasteiger partial charge >= 0.3 is 0 Å². The summed E-state index contributed by atoms with van der Waals surface area (Å²) in [5, 5.41) is 15.1. The van der Waals surface area contributed by atoms with Gasteiger partial charge in [0.05, 0.1) is 11.1 Å². The first-order valence-electron chi connectivity index (χ1n) is 8.80. The fraction of sp³-hybridized carbons (Fsp3) is 0.611. The summed E-state index contributed by atoms with van der Waals surface area (Å²) < 4.78 is 1.90. The van der Waals surface area contributed by atoms with E-state index in [1.807, 2.05) is 23.0 Å². The first-order valence-corrected chi connectivity index (χ1v) is 8.80. The molecule has 0 saturated carbocycles. The van der Waals surface area contributed by atoms with Crippen LogP contribution >= 0.6 is 0 Å². The van der Waals surface area contributed by atoms with Gasteiger partial charge in [-0.15, -0.1) is 0 Å². The third-order valence-corrected chi connectivity index (χ3v) is 5.37. The number of rotatable bonds is 4. The van der Waals surface area contributed by atoms with Gasteiger partial charge in [0.1, 0.15) is 0 Å². The number of hydrogen-bond acceptors (Lipinski definition) is 4. The lowest BCUT2D eigenvalue weighted by Gasteiger charge is -2.40. The minimum absolute atomic E-state index is 0.476. The van der Waals surface area contributed by atoms with Crippen LogP contribution in [0.2, 0.25) is 0 Å². The maximum Gasteiger partial charge on any atom is 0.0798 e. The van der Waals surface area contributed by atoms with Crippen molar-refractivity contribution in [2.45, 2.75) is 37.8 Å². The molecule has 5 heteroatoms. The summed E-state index contributed by atoms with van der Waals surface area (Å²) >= 11 is 0. The molecule has 0 aliphatic carbocycles. The van der Waals surface area contributed by atoms with Crippen molar-refractivity contribution in [2.24, 2.45) is 0 Å². The summed E-state index contributed by atoms with van der Waals surface area (Å²) in [4.78, 5) is 4.89. The van der Waals surface area contributed by atoms with Crippen molar-refractivity contribution in [3.05, 3.63) is 36.2 Å². The molecule has 4 heterocycles. The van der Waals surface area contributed by atoms with Crippen molar-refractivity contribution in [1.29, 1.82) is 0 Å². The zero-order chi connectivity index (χ0) is 15.7. The van der Waals surface area contributed by atoms with Gasteiger partial charge in [0.15, 0.2) is 0 Å². The van der Waals surface area contributed by atoms with Gasteiger partial charge in [-0.1, -0.05) is 0 Å². The third-order valence-electron chi connectivity index (χ3n) is 5.37. The second-order valence-corrected chi connectivity index (χ2v) is 7.22. The average molecular weight is 314 g/mol.